The van der Waals surface area contributed by atoms with Crippen LogP contribution in [0.2, 0.25) is 0 Å². The fourth-order valence-corrected chi connectivity index (χ4v) is 9.15. The van der Waals surface area contributed by atoms with Gasteiger partial charge in [-0.15, -0.1) is 6.58 Å². The minimum Gasteiger partial charge on any atom is -0.505 e. The molecule has 2 N–H and O–H groups in total. The molecule has 10 nitrogen and oxygen atoms in total. The molecule has 4 bridgehead atoms. The van der Waals surface area contributed by atoms with Gasteiger partial charge in [0.15, 0.2) is 10.7 Å². The maximum absolute atomic E-state index is 13.3. The fraction of sp³-hybridized carbons (Fsp3) is 0.759. The number of allylic oxidation sites excluding steroid dienone is 2. The Balaban J connectivity index is 1.53. The van der Waals surface area contributed by atoms with Crippen molar-refractivity contribution in [3.8, 4) is 0 Å². The number of rotatable bonds is 5. The molecular formula is C29H41N4O6+. The minimum absolute atomic E-state index is 0.00780. The molecular weight excluding hydrogens is 500 g/mol. The Hall–Kier alpha value is -2.93. The summed E-state index contributed by atoms with van der Waals surface area (Å²) in [4.78, 5) is 43.8. The van der Waals surface area contributed by atoms with Crippen LogP contribution in [0.1, 0.15) is 59.8 Å². The van der Waals surface area contributed by atoms with Crippen LogP contribution in [0, 0.1) is 51.2 Å². The smallest absolute Gasteiger partial charge is 0.414 e. The van der Waals surface area contributed by atoms with E-state index < -0.39 is 40.5 Å². The average molecular weight is 542 g/mol. The van der Waals surface area contributed by atoms with Crippen molar-refractivity contribution in [2.24, 2.45) is 45.8 Å². The molecule has 0 aromatic carbocycles. The van der Waals surface area contributed by atoms with Crippen LogP contribution in [0.25, 0.3) is 4.98 Å². The van der Waals surface area contributed by atoms with Gasteiger partial charge in [-0.3, -0.25) is 14.9 Å². The van der Waals surface area contributed by atoms with Crippen molar-refractivity contribution < 1.29 is 29.0 Å². The molecule has 11 atom stereocenters. The first-order chi connectivity index (χ1) is 18.4. The van der Waals surface area contributed by atoms with Crippen molar-refractivity contribution in [3.05, 3.63) is 29.1 Å². The van der Waals surface area contributed by atoms with E-state index in [1.54, 1.807) is 6.08 Å². The molecule has 0 aromatic rings. The van der Waals surface area contributed by atoms with Crippen molar-refractivity contribution in [1.29, 1.82) is 5.39 Å². The van der Waals surface area contributed by atoms with Gasteiger partial charge >= 0.3 is 11.8 Å². The number of amides is 2. The normalized spacial score (nSPS) is 46.3. The molecule has 2 saturated heterocycles. The third-order valence-electron chi connectivity index (χ3n) is 11.6. The van der Waals surface area contributed by atoms with E-state index in [9.17, 15) is 24.9 Å². The molecule has 5 rings (SSSR count). The molecule has 0 spiro atoms. The lowest BCUT2D eigenvalue weighted by Crippen LogP contribution is -2.63. The number of alkyl carbamates (subject to hydrolysis) is 1. The second-order valence-electron chi connectivity index (χ2n) is 13.2. The van der Waals surface area contributed by atoms with Crippen LogP contribution in [0.15, 0.2) is 24.1 Å². The number of ether oxygens (including phenoxy) is 2. The highest BCUT2D eigenvalue weighted by molar-refractivity contribution is 5.93. The van der Waals surface area contributed by atoms with Gasteiger partial charge in [0, 0.05) is 35.8 Å². The Labute approximate surface area is 229 Å². The maximum Gasteiger partial charge on any atom is 0.414 e. The summed E-state index contributed by atoms with van der Waals surface area (Å²) in [6.07, 6.45) is 2.57. The Kier molecular flexibility index (Phi) is 6.81. The van der Waals surface area contributed by atoms with Crippen molar-refractivity contribution in [3.63, 3.8) is 0 Å². The van der Waals surface area contributed by atoms with E-state index in [1.807, 2.05) is 20.8 Å². The number of piperidine rings is 1. The Bertz CT molecular complexity index is 1150. The number of imide groups is 1. The Morgan fingerprint density at radius 2 is 2.00 bits per heavy atom. The zero-order valence-electron chi connectivity index (χ0n) is 23.4. The number of carbonyl (C=O) groups is 3. The number of hydrogen-bond acceptors (Lipinski definition) is 8. The zero-order valence-corrected chi connectivity index (χ0v) is 23.4. The number of carbonyl (C=O) groups excluding carboxylic acids is 3. The summed E-state index contributed by atoms with van der Waals surface area (Å²) in [5.41, 5.74) is -1.93. The first-order valence-corrected chi connectivity index (χ1v) is 14.2. The fourth-order valence-electron chi connectivity index (χ4n) is 9.15. The van der Waals surface area contributed by atoms with Crippen molar-refractivity contribution in [1.82, 2.24) is 10.2 Å². The van der Waals surface area contributed by atoms with Crippen molar-refractivity contribution in [2.45, 2.75) is 72.0 Å². The van der Waals surface area contributed by atoms with Gasteiger partial charge in [-0.2, -0.15) is 0 Å². The predicted molar refractivity (Wildman–Crippen MR) is 141 cm³/mol. The largest absolute Gasteiger partial charge is 0.505 e. The highest BCUT2D eigenvalue weighted by Crippen LogP contribution is 2.70. The van der Waals surface area contributed by atoms with Gasteiger partial charge in [0.25, 0.3) is 6.47 Å². The van der Waals surface area contributed by atoms with E-state index in [-0.39, 0.29) is 47.5 Å². The molecule has 39 heavy (non-hydrogen) atoms. The first kappa shape index (κ1) is 27.6. The standard InChI is InChI=1S/C29H40N4O6/c1-6-27(4)12-21(39-26(37)31-25(36)19-14-33-10-8-18(19)13-33)28(5)16(2)7-9-29(17(3)24(27)38-15-34)11-20(32-30)22(35)23(28)29/h6,15-19,21,23-24H,1,7-14H2,2-5H3,(H-,31,35,36,37)/p+1/t16-,17+,18-,19+,21-,23?,24+,27-,28+,29+/m1/s1. The monoisotopic (exact) mass is 541 g/mol. The average Bonchev–Trinajstić information content (AvgIpc) is 3.62. The van der Waals surface area contributed by atoms with E-state index in [0.29, 0.717) is 25.9 Å². The van der Waals surface area contributed by atoms with Gasteiger partial charge in [0.05, 0.1) is 12.3 Å². The molecule has 0 aromatic heterocycles. The molecule has 2 amide bonds. The van der Waals surface area contributed by atoms with Gasteiger partial charge in [-0.05, 0) is 49.5 Å². The van der Waals surface area contributed by atoms with Crippen LogP contribution in [0.5, 0.6) is 0 Å². The van der Waals surface area contributed by atoms with Gasteiger partial charge in [-0.1, -0.05) is 33.8 Å². The SMILES string of the molecule is C=C[C@]1(C)C[C@@H](OC(=O)NC(=O)[C@H]2CN3CC[C@@H]2C3)[C@@]2(C)C3C(O)=C([N+]#N)C[C@@]3(CC[C@H]2C)[C@@H](C)[C@@H]1OC=O. The van der Waals surface area contributed by atoms with Crippen molar-refractivity contribution >= 4 is 18.5 Å². The summed E-state index contributed by atoms with van der Waals surface area (Å²) >= 11 is 0. The lowest BCUT2D eigenvalue weighted by atomic mass is 9.43. The topological polar surface area (TPSA) is 133 Å². The lowest BCUT2D eigenvalue weighted by molar-refractivity contribution is -0.198. The number of fused-ring (bicyclic) bond motifs is 2. The highest BCUT2D eigenvalue weighted by atomic mass is 16.6. The molecule has 0 radical (unpaired) electrons. The summed E-state index contributed by atoms with van der Waals surface area (Å²) in [6, 6.07) is 0. The van der Waals surface area contributed by atoms with E-state index in [2.05, 4.69) is 28.7 Å². The molecule has 2 unspecified atom stereocenters. The second-order valence-corrected chi connectivity index (χ2v) is 13.2. The maximum atomic E-state index is 13.3. The van der Waals surface area contributed by atoms with Crippen LogP contribution in [-0.2, 0) is 19.1 Å². The van der Waals surface area contributed by atoms with Crippen LogP contribution < -0.4 is 5.32 Å². The molecule has 4 fully saturated rings. The Morgan fingerprint density at radius 1 is 1.26 bits per heavy atom. The van der Waals surface area contributed by atoms with E-state index >= 15 is 0 Å². The van der Waals surface area contributed by atoms with Crippen LogP contribution in [0.4, 0.5) is 4.79 Å². The van der Waals surface area contributed by atoms with Crippen LogP contribution in [-0.4, -0.2) is 60.3 Å². The highest BCUT2D eigenvalue weighted by Gasteiger charge is 2.71. The molecule has 2 heterocycles. The molecule has 5 aliphatic rings. The van der Waals surface area contributed by atoms with Gasteiger partial charge in [-0.25, -0.2) is 4.79 Å². The zero-order chi connectivity index (χ0) is 28.3. The van der Waals surface area contributed by atoms with Gasteiger partial charge < -0.3 is 19.5 Å². The minimum atomic E-state index is -0.811. The first-order valence-electron chi connectivity index (χ1n) is 14.2. The van der Waals surface area contributed by atoms with E-state index in [4.69, 9.17) is 9.47 Å². The molecule has 3 aliphatic carbocycles. The van der Waals surface area contributed by atoms with E-state index in [1.165, 1.54) is 0 Å². The lowest BCUT2D eigenvalue weighted by Gasteiger charge is -2.62. The number of aliphatic hydroxyl groups is 1. The number of nitrogens with zero attached hydrogens (tertiary/aromatic N) is 3. The predicted octanol–water partition coefficient (Wildman–Crippen LogP) is 4.40. The number of nitrogens with one attached hydrogen (secondary N) is 1. The molecule has 2 saturated carbocycles. The molecule has 212 valence electrons. The van der Waals surface area contributed by atoms with Crippen LogP contribution >= 0.6 is 0 Å². The third-order valence-corrected chi connectivity index (χ3v) is 11.6. The second kappa shape index (κ2) is 9.61. The van der Waals surface area contributed by atoms with E-state index in [0.717, 1.165) is 25.9 Å². The number of hydrogen-bond donors (Lipinski definition) is 2. The third kappa shape index (κ3) is 3.99. The summed E-state index contributed by atoms with van der Waals surface area (Å²) < 4.78 is 11.9. The summed E-state index contributed by atoms with van der Waals surface area (Å²) in [7, 11) is 0. The quantitative estimate of drug-likeness (QED) is 0.297. The summed E-state index contributed by atoms with van der Waals surface area (Å²) in [6.45, 7) is 15.1. The number of aliphatic hydroxyl groups excluding tert-OH is 1. The van der Waals surface area contributed by atoms with Gasteiger partial charge in [0.2, 0.25) is 11.3 Å². The van der Waals surface area contributed by atoms with Gasteiger partial charge in [0.1, 0.15) is 12.2 Å². The summed E-state index contributed by atoms with van der Waals surface area (Å²) in [5, 5.41) is 23.8. The Morgan fingerprint density at radius 3 is 2.59 bits per heavy atom. The number of diazo groups is 1. The van der Waals surface area contributed by atoms with Crippen molar-refractivity contribution in [2.75, 3.05) is 19.6 Å². The van der Waals surface area contributed by atoms with Crippen LogP contribution in [0.3, 0.4) is 0 Å². The summed E-state index contributed by atoms with van der Waals surface area (Å²) in [5.74, 6) is -1.02. The molecule has 10 heteroatoms. The molecule has 2 aliphatic heterocycles.